The summed E-state index contributed by atoms with van der Waals surface area (Å²) in [5.74, 6) is -0.349. The first kappa shape index (κ1) is 19.3. The van der Waals surface area contributed by atoms with E-state index in [-0.39, 0.29) is 17.8 Å². The van der Waals surface area contributed by atoms with E-state index in [1.807, 2.05) is 48.7 Å². The smallest absolute Gasteiger partial charge is 0.264 e. The number of hydrogen-bond donors (Lipinski definition) is 0. The van der Waals surface area contributed by atoms with Crippen molar-refractivity contribution in [3.05, 3.63) is 93.4 Å². The molecule has 0 fully saturated rings. The summed E-state index contributed by atoms with van der Waals surface area (Å²) in [6, 6.07) is 18.0. The second-order valence-electron chi connectivity index (χ2n) is 7.07. The highest BCUT2D eigenvalue weighted by molar-refractivity contribution is 7.12. The fourth-order valence-corrected chi connectivity index (χ4v) is 4.10. The van der Waals surface area contributed by atoms with E-state index in [4.69, 9.17) is 4.84 Å². The Kier molecular flexibility index (Phi) is 5.71. The summed E-state index contributed by atoms with van der Waals surface area (Å²) >= 11 is 1.41. The number of hydrogen-bond acceptors (Lipinski definition) is 4. The number of halogens is 1. The zero-order chi connectivity index (χ0) is 20.2. The van der Waals surface area contributed by atoms with Crippen molar-refractivity contribution >= 4 is 23.0 Å². The number of amides is 1. The molecule has 2 aromatic carbocycles. The minimum Gasteiger partial charge on any atom is -0.390 e. The van der Waals surface area contributed by atoms with Gasteiger partial charge in [-0.3, -0.25) is 4.79 Å². The molecule has 0 bridgehead atoms. The second kappa shape index (κ2) is 8.57. The molecule has 1 aliphatic heterocycles. The van der Waals surface area contributed by atoms with Crippen molar-refractivity contribution in [2.75, 3.05) is 6.54 Å². The van der Waals surface area contributed by atoms with Gasteiger partial charge in [0.15, 0.2) is 6.10 Å². The second-order valence-corrected chi connectivity index (χ2v) is 8.02. The van der Waals surface area contributed by atoms with Crippen LogP contribution in [0.15, 0.2) is 71.2 Å². The molecule has 0 saturated carbocycles. The molecular weight excluding hydrogens is 387 g/mol. The van der Waals surface area contributed by atoms with Gasteiger partial charge >= 0.3 is 0 Å². The van der Waals surface area contributed by atoms with E-state index in [1.165, 1.54) is 23.5 Å². The highest BCUT2D eigenvalue weighted by Crippen LogP contribution is 2.22. The van der Waals surface area contributed by atoms with Gasteiger partial charge in [0.25, 0.3) is 5.91 Å². The fourth-order valence-electron chi connectivity index (χ4n) is 3.41. The largest absolute Gasteiger partial charge is 0.390 e. The zero-order valence-corrected chi connectivity index (χ0v) is 16.9. The first-order valence-corrected chi connectivity index (χ1v) is 10.3. The van der Waals surface area contributed by atoms with Gasteiger partial charge in [-0.25, -0.2) is 4.39 Å². The topological polar surface area (TPSA) is 41.9 Å². The third-order valence-electron chi connectivity index (χ3n) is 4.92. The number of nitrogens with zero attached hydrogens (tertiary/aromatic N) is 2. The van der Waals surface area contributed by atoms with Crippen LogP contribution in [0.5, 0.6) is 0 Å². The first-order valence-electron chi connectivity index (χ1n) is 9.46. The monoisotopic (exact) mass is 408 g/mol. The number of thiophene rings is 1. The van der Waals surface area contributed by atoms with E-state index in [0.717, 1.165) is 22.4 Å². The van der Waals surface area contributed by atoms with Gasteiger partial charge in [0.2, 0.25) is 0 Å². The average molecular weight is 408 g/mol. The van der Waals surface area contributed by atoms with Gasteiger partial charge in [-0.1, -0.05) is 47.6 Å². The molecule has 0 radical (unpaired) electrons. The highest BCUT2D eigenvalue weighted by Gasteiger charge is 2.28. The average Bonchev–Trinajstić information content (AvgIpc) is 3.41. The Balaban J connectivity index is 1.49. The molecule has 1 aromatic heterocycles. The minimum absolute atomic E-state index is 0.0581. The van der Waals surface area contributed by atoms with Crippen LogP contribution in [0.25, 0.3) is 0 Å². The Hall–Kier alpha value is -2.99. The van der Waals surface area contributed by atoms with Crippen molar-refractivity contribution < 1.29 is 14.0 Å². The van der Waals surface area contributed by atoms with Crippen LogP contribution in [0.4, 0.5) is 4.39 Å². The van der Waals surface area contributed by atoms with Crippen molar-refractivity contribution in [1.82, 2.24) is 4.90 Å². The first-order chi connectivity index (χ1) is 14.1. The molecular formula is C23H21FN2O2S. The van der Waals surface area contributed by atoms with E-state index in [9.17, 15) is 9.18 Å². The number of aryl methyl sites for hydroxylation is 1. The van der Waals surface area contributed by atoms with E-state index < -0.39 is 0 Å². The van der Waals surface area contributed by atoms with Crippen molar-refractivity contribution in [2.24, 2.45) is 5.16 Å². The Morgan fingerprint density at radius 1 is 1.17 bits per heavy atom. The molecule has 29 heavy (non-hydrogen) atoms. The lowest BCUT2D eigenvalue weighted by atomic mass is 10.00. The Morgan fingerprint density at radius 2 is 1.97 bits per heavy atom. The van der Waals surface area contributed by atoms with Gasteiger partial charge in [-0.2, -0.15) is 0 Å². The molecule has 2 heterocycles. The molecule has 4 nitrogen and oxygen atoms in total. The molecule has 3 aromatic rings. The van der Waals surface area contributed by atoms with Crippen LogP contribution in [0, 0.1) is 12.7 Å². The molecule has 1 atom stereocenters. The van der Waals surface area contributed by atoms with E-state index >= 15 is 0 Å². The van der Waals surface area contributed by atoms with Gasteiger partial charge in [0.1, 0.15) is 5.82 Å². The number of carbonyl (C=O) groups excluding carboxylic acids is 1. The van der Waals surface area contributed by atoms with Gasteiger partial charge in [0, 0.05) is 18.5 Å². The SMILES string of the molecule is Cc1ccccc1C1=NOC(CN(Cc2ccc(F)cc2)C(=O)c2cccs2)C1. The summed E-state index contributed by atoms with van der Waals surface area (Å²) in [4.78, 5) is 21.1. The number of carbonyl (C=O) groups is 1. The van der Waals surface area contributed by atoms with Gasteiger partial charge < -0.3 is 9.74 Å². The molecule has 0 spiro atoms. The minimum atomic E-state index is -0.291. The van der Waals surface area contributed by atoms with Crippen LogP contribution in [0.1, 0.15) is 32.8 Å². The lowest BCUT2D eigenvalue weighted by Gasteiger charge is -2.24. The maximum atomic E-state index is 13.3. The number of benzene rings is 2. The van der Waals surface area contributed by atoms with Crippen LogP contribution in [-0.4, -0.2) is 29.2 Å². The summed E-state index contributed by atoms with van der Waals surface area (Å²) in [7, 11) is 0. The number of oxime groups is 1. The lowest BCUT2D eigenvalue weighted by molar-refractivity contribution is 0.0408. The molecule has 1 unspecified atom stereocenters. The molecule has 4 rings (SSSR count). The maximum absolute atomic E-state index is 13.3. The van der Waals surface area contributed by atoms with E-state index in [0.29, 0.717) is 24.4 Å². The van der Waals surface area contributed by atoms with Crippen LogP contribution < -0.4 is 0 Å². The predicted molar refractivity (Wildman–Crippen MR) is 113 cm³/mol. The van der Waals surface area contributed by atoms with Gasteiger partial charge in [0.05, 0.1) is 17.1 Å². The summed E-state index contributed by atoms with van der Waals surface area (Å²) in [5, 5.41) is 6.16. The Labute approximate surface area is 173 Å². The molecule has 0 N–H and O–H groups in total. The number of rotatable bonds is 6. The summed E-state index contributed by atoms with van der Waals surface area (Å²) in [5.41, 5.74) is 3.99. The molecule has 1 aliphatic rings. The van der Waals surface area contributed by atoms with Crippen LogP contribution in [-0.2, 0) is 11.4 Å². The summed E-state index contributed by atoms with van der Waals surface area (Å²) < 4.78 is 13.3. The molecule has 1 amide bonds. The van der Waals surface area contributed by atoms with Crippen molar-refractivity contribution in [3.8, 4) is 0 Å². The third-order valence-corrected chi connectivity index (χ3v) is 5.78. The van der Waals surface area contributed by atoms with Crippen LogP contribution >= 0.6 is 11.3 Å². The third kappa shape index (κ3) is 4.54. The standard InChI is InChI=1S/C23H21FN2O2S/c1-16-5-2-3-6-20(16)21-13-19(28-25-21)15-26(23(27)22-7-4-12-29-22)14-17-8-10-18(24)11-9-17/h2-12,19H,13-15H2,1H3. The van der Waals surface area contributed by atoms with Crippen molar-refractivity contribution in [3.63, 3.8) is 0 Å². The zero-order valence-electron chi connectivity index (χ0n) is 16.0. The van der Waals surface area contributed by atoms with E-state index in [1.54, 1.807) is 17.0 Å². The predicted octanol–water partition coefficient (Wildman–Crippen LogP) is 5.03. The Bertz CT molecular complexity index is 1020. The van der Waals surface area contributed by atoms with Gasteiger partial charge in [-0.15, -0.1) is 11.3 Å². The highest BCUT2D eigenvalue weighted by atomic mass is 32.1. The summed E-state index contributed by atoms with van der Waals surface area (Å²) in [6.07, 6.45) is 0.427. The maximum Gasteiger partial charge on any atom is 0.264 e. The Morgan fingerprint density at radius 3 is 2.69 bits per heavy atom. The molecule has 6 heteroatoms. The normalized spacial score (nSPS) is 15.7. The quantitative estimate of drug-likeness (QED) is 0.574. The summed E-state index contributed by atoms with van der Waals surface area (Å²) in [6.45, 7) is 2.84. The van der Waals surface area contributed by atoms with Crippen LogP contribution in [0.2, 0.25) is 0 Å². The van der Waals surface area contributed by atoms with Gasteiger partial charge in [-0.05, 0) is 41.6 Å². The van der Waals surface area contributed by atoms with Crippen molar-refractivity contribution in [1.29, 1.82) is 0 Å². The fraction of sp³-hybridized carbons (Fsp3) is 0.217. The van der Waals surface area contributed by atoms with E-state index in [2.05, 4.69) is 5.16 Å². The molecule has 0 aliphatic carbocycles. The van der Waals surface area contributed by atoms with Crippen LogP contribution in [0.3, 0.4) is 0 Å². The molecule has 148 valence electrons. The lowest BCUT2D eigenvalue weighted by Crippen LogP contribution is -2.37. The molecule has 0 saturated heterocycles. The van der Waals surface area contributed by atoms with Crippen molar-refractivity contribution in [2.45, 2.75) is 26.0 Å².